The molecule has 2 aromatic rings. The summed E-state index contributed by atoms with van der Waals surface area (Å²) in [6.07, 6.45) is 0. The van der Waals surface area contributed by atoms with Gasteiger partial charge in [-0.05, 0) is 49.5 Å². The molecule has 1 heterocycles. The monoisotopic (exact) mass is 423 g/mol. The van der Waals surface area contributed by atoms with Crippen molar-refractivity contribution in [2.75, 3.05) is 45.1 Å². The largest absolute Gasteiger partial charge is 0.495 e. The van der Waals surface area contributed by atoms with Gasteiger partial charge in [0.15, 0.2) is 0 Å². The second kappa shape index (κ2) is 8.38. The minimum Gasteiger partial charge on any atom is -0.495 e. The van der Waals surface area contributed by atoms with Crippen molar-refractivity contribution in [1.29, 1.82) is 0 Å². The highest BCUT2D eigenvalue weighted by Gasteiger charge is 2.22. The third kappa shape index (κ3) is 4.57. The number of methoxy groups -OCH3 is 1. The van der Waals surface area contributed by atoms with Crippen molar-refractivity contribution in [2.24, 2.45) is 0 Å². The minimum atomic E-state index is -3.90. The molecule has 1 aliphatic rings. The van der Waals surface area contributed by atoms with Gasteiger partial charge >= 0.3 is 0 Å². The lowest BCUT2D eigenvalue weighted by Crippen LogP contribution is -2.47. The molecule has 150 valence electrons. The molecule has 0 aromatic heterocycles. The van der Waals surface area contributed by atoms with Gasteiger partial charge in [0.05, 0.1) is 7.11 Å². The molecule has 0 spiro atoms. The summed E-state index contributed by atoms with van der Waals surface area (Å²) in [5.74, 6) is 0.137. The van der Waals surface area contributed by atoms with E-state index in [1.165, 1.54) is 19.2 Å². The zero-order chi connectivity index (χ0) is 20.3. The van der Waals surface area contributed by atoms with Gasteiger partial charge in [0.1, 0.15) is 10.6 Å². The average Bonchev–Trinajstić information content (AvgIpc) is 2.68. The molecule has 2 aromatic carbocycles. The zero-order valence-corrected chi connectivity index (χ0v) is 17.3. The second-order valence-electron chi connectivity index (χ2n) is 6.57. The van der Waals surface area contributed by atoms with Crippen molar-refractivity contribution in [3.63, 3.8) is 0 Å². The van der Waals surface area contributed by atoms with E-state index in [9.17, 15) is 13.2 Å². The number of halogens is 1. The second-order valence-corrected chi connectivity index (χ2v) is 8.66. The Kier molecular flexibility index (Phi) is 6.12. The number of hydrogen-bond acceptors (Lipinski definition) is 5. The highest BCUT2D eigenvalue weighted by molar-refractivity contribution is 7.92. The molecule has 9 heteroatoms. The van der Waals surface area contributed by atoms with Crippen LogP contribution in [-0.4, -0.2) is 64.5 Å². The summed E-state index contributed by atoms with van der Waals surface area (Å²) in [5.41, 5.74) is 0.866. The molecular formula is C19H22ClN3O4S. The molecule has 1 aliphatic heterocycles. The first kappa shape index (κ1) is 20.4. The van der Waals surface area contributed by atoms with Gasteiger partial charge < -0.3 is 14.5 Å². The number of amides is 1. The number of sulfonamides is 1. The summed E-state index contributed by atoms with van der Waals surface area (Å²) >= 11 is 5.93. The average molecular weight is 424 g/mol. The van der Waals surface area contributed by atoms with Crippen LogP contribution in [0, 0.1) is 0 Å². The molecule has 7 nitrogen and oxygen atoms in total. The van der Waals surface area contributed by atoms with Gasteiger partial charge in [0, 0.05) is 42.5 Å². The van der Waals surface area contributed by atoms with Crippen LogP contribution in [0.3, 0.4) is 0 Å². The maximum absolute atomic E-state index is 12.7. The molecule has 0 aliphatic carbocycles. The van der Waals surface area contributed by atoms with Crippen molar-refractivity contribution in [2.45, 2.75) is 4.90 Å². The number of rotatable bonds is 5. The Bertz CT molecular complexity index is 956. The normalized spacial score (nSPS) is 15.3. The van der Waals surface area contributed by atoms with E-state index in [0.29, 0.717) is 24.3 Å². The van der Waals surface area contributed by atoms with Crippen LogP contribution in [0.15, 0.2) is 47.4 Å². The summed E-state index contributed by atoms with van der Waals surface area (Å²) in [7, 11) is -0.483. The maximum atomic E-state index is 12.7. The molecule has 1 saturated heterocycles. The van der Waals surface area contributed by atoms with Crippen LogP contribution in [0.5, 0.6) is 5.75 Å². The Labute approximate surface area is 169 Å². The number of nitrogens with one attached hydrogen (secondary N) is 1. The van der Waals surface area contributed by atoms with E-state index in [4.69, 9.17) is 16.3 Å². The zero-order valence-electron chi connectivity index (χ0n) is 15.7. The van der Waals surface area contributed by atoms with Crippen LogP contribution in [0.1, 0.15) is 10.4 Å². The Morgan fingerprint density at radius 3 is 2.32 bits per heavy atom. The number of carbonyl (C=O) groups excluding carboxylic acids is 1. The van der Waals surface area contributed by atoms with Gasteiger partial charge in [-0.15, -0.1) is 0 Å². The van der Waals surface area contributed by atoms with E-state index in [-0.39, 0.29) is 21.6 Å². The molecule has 1 N–H and O–H groups in total. The van der Waals surface area contributed by atoms with Gasteiger partial charge in [-0.2, -0.15) is 0 Å². The minimum absolute atomic E-state index is 0.0555. The van der Waals surface area contributed by atoms with E-state index >= 15 is 0 Å². The van der Waals surface area contributed by atoms with E-state index in [1.54, 1.807) is 35.2 Å². The smallest absolute Gasteiger partial charge is 0.265 e. The van der Waals surface area contributed by atoms with Crippen LogP contribution in [0.4, 0.5) is 5.69 Å². The lowest BCUT2D eigenvalue weighted by Gasteiger charge is -2.32. The number of piperazine rings is 1. The SMILES string of the molecule is COc1ccc(Cl)cc1S(=O)(=O)Nc1ccc(C(=O)N2CCN(C)CC2)cc1. The van der Waals surface area contributed by atoms with Crippen LogP contribution >= 0.6 is 11.6 Å². The molecule has 1 amide bonds. The van der Waals surface area contributed by atoms with Crippen molar-refractivity contribution < 1.29 is 17.9 Å². The summed E-state index contributed by atoms with van der Waals surface area (Å²) in [5, 5.41) is 0.286. The Morgan fingerprint density at radius 1 is 1.07 bits per heavy atom. The third-order valence-corrected chi connectivity index (χ3v) is 6.23. The highest BCUT2D eigenvalue weighted by atomic mass is 35.5. The van der Waals surface area contributed by atoms with Crippen molar-refractivity contribution in [1.82, 2.24) is 9.80 Å². The Hall–Kier alpha value is -2.29. The first-order valence-electron chi connectivity index (χ1n) is 8.74. The molecule has 0 radical (unpaired) electrons. The van der Waals surface area contributed by atoms with Gasteiger partial charge in [0.2, 0.25) is 0 Å². The summed E-state index contributed by atoms with van der Waals surface area (Å²) in [6.45, 7) is 3.03. The van der Waals surface area contributed by atoms with E-state index in [1.807, 2.05) is 7.05 Å². The van der Waals surface area contributed by atoms with Crippen molar-refractivity contribution in [3.05, 3.63) is 53.1 Å². The fourth-order valence-electron chi connectivity index (χ4n) is 2.94. The molecule has 0 bridgehead atoms. The molecule has 3 rings (SSSR count). The van der Waals surface area contributed by atoms with Crippen molar-refractivity contribution >= 4 is 33.2 Å². The molecule has 28 heavy (non-hydrogen) atoms. The Morgan fingerprint density at radius 2 is 1.71 bits per heavy atom. The predicted molar refractivity (Wildman–Crippen MR) is 109 cm³/mol. The van der Waals surface area contributed by atoms with E-state index in [0.717, 1.165) is 13.1 Å². The Balaban J connectivity index is 1.75. The first-order valence-corrected chi connectivity index (χ1v) is 10.6. The fraction of sp³-hybridized carbons (Fsp3) is 0.316. The van der Waals surface area contributed by atoms with E-state index in [2.05, 4.69) is 9.62 Å². The lowest BCUT2D eigenvalue weighted by atomic mass is 10.1. The lowest BCUT2D eigenvalue weighted by molar-refractivity contribution is 0.0664. The molecule has 0 atom stereocenters. The summed E-state index contributed by atoms with van der Waals surface area (Å²) in [4.78, 5) is 16.5. The number of likely N-dealkylation sites (N-methyl/N-ethyl adjacent to an activating group) is 1. The molecule has 0 saturated carbocycles. The van der Waals surface area contributed by atoms with Gasteiger partial charge in [0.25, 0.3) is 15.9 Å². The summed E-state index contributed by atoms with van der Waals surface area (Å²) < 4.78 is 33.0. The predicted octanol–water partition coefficient (Wildman–Crippen LogP) is 2.54. The number of carbonyl (C=O) groups is 1. The highest BCUT2D eigenvalue weighted by Crippen LogP contribution is 2.28. The number of ether oxygens (including phenoxy) is 1. The molecule has 1 fully saturated rings. The van der Waals surface area contributed by atoms with Gasteiger partial charge in [-0.3, -0.25) is 9.52 Å². The number of benzene rings is 2. The third-order valence-electron chi connectivity index (χ3n) is 4.59. The number of nitrogens with zero attached hydrogens (tertiary/aromatic N) is 2. The van der Waals surface area contributed by atoms with Crippen LogP contribution in [0.2, 0.25) is 5.02 Å². The van der Waals surface area contributed by atoms with Gasteiger partial charge in [-0.1, -0.05) is 11.6 Å². The standard InChI is InChI=1S/C19H22ClN3O4S/c1-22-9-11-23(12-10-22)19(24)14-3-6-16(7-4-14)21-28(25,26)18-13-15(20)5-8-17(18)27-2/h3-8,13,21H,9-12H2,1-2H3. The topological polar surface area (TPSA) is 78.9 Å². The fourth-order valence-corrected chi connectivity index (χ4v) is 4.44. The van der Waals surface area contributed by atoms with E-state index < -0.39 is 10.0 Å². The van der Waals surface area contributed by atoms with Crippen molar-refractivity contribution in [3.8, 4) is 5.75 Å². The first-order chi connectivity index (χ1) is 13.3. The quantitative estimate of drug-likeness (QED) is 0.799. The van der Waals surface area contributed by atoms with Gasteiger partial charge in [-0.25, -0.2) is 8.42 Å². The molecule has 0 unspecified atom stereocenters. The molecular weight excluding hydrogens is 402 g/mol. The number of anilines is 1. The van der Waals surface area contributed by atoms with Crippen LogP contribution < -0.4 is 9.46 Å². The summed E-state index contributed by atoms with van der Waals surface area (Å²) in [6, 6.07) is 10.7. The number of hydrogen-bond donors (Lipinski definition) is 1. The van der Waals surface area contributed by atoms with Crippen LogP contribution in [-0.2, 0) is 10.0 Å². The van der Waals surface area contributed by atoms with Crippen LogP contribution in [0.25, 0.3) is 0 Å². The maximum Gasteiger partial charge on any atom is 0.265 e.